The second-order valence-corrected chi connectivity index (χ2v) is 10.4. The first-order valence-corrected chi connectivity index (χ1v) is 12.5. The van der Waals surface area contributed by atoms with Crippen LogP contribution in [0.4, 0.5) is 4.79 Å². The fraction of sp³-hybridized carbons (Fsp3) is 0.654. The molecule has 0 aromatic heterocycles. The van der Waals surface area contributed by atoms with Gasteiger partial charge in [0.2, 0.25) is 5.91 Å². The van der Waals surface area contributed by atoms with E-state index in [9.17, 15) is 19.5 Å². The number of Topliss-reactive ketones (excluding diaryl/α,β-unsaturated/α-hetero) is 1. The number of hydrogen-bond acceptors (Lipinski definition) is 6. The molecule has 1 aliphatic carbocycles. The van der Waals surface area contributed by atoms with E-state index in [0.717, 1.165) is 50.2 Å². The first-order valence-electron chi connectivity index (χ1n) is 12.5. The van der Waals surface area contributed by atoms with Crippen molar-refractivity contribution in [2.24, 2.45) is 5.92 Å². The minimum atomic E-state index is -1.24. The number of nitrogens with one attached hydrogen (secondary N) is 1. The van der Waals surface area contributed by atoms with E-state index in [4.69, 9.17) is 9.47 Å². The Balaban J connectivity index is 1.38. The van der Waals surface area contributed by atoms with Crippen LogP contribution in [0.25, 0.3) is 0 Å². The minimum Gasteiger partial charge on any atom is -0.494 e. The molecule has 2 atom stereocenters. The summed E-state index contributed by atoms with van der Waals surface area (Å²) in [5.41, 5.74) is 0.266. The third-order valence-corrected chi connectivity index (χ3v) is 6.21. The molecule has 0 bridgehead atoms. The highest BCUT2D eigenvalue weighted by molar-refractivity contribution is 5.99. The highest BCUT2D eigenvalue weighted by atomic mass is 16.5. The highest BCUT2D eigenvalue weighted by Gasteiger charge is 2.35. The minimum absolute atomic E-state index is 0.220. The number of piperazine rings is 1. The Labute approximate surface area is 207 Å². The van der Waals surface area contributed by atoms with Gasteiger partial charge >= 0.3 is 6.09 Å². The van der Waals surface area contributed by atoms with Gasteiger partial charge in [-0.3, -0.25) is 14.5 Å². The molecule has 2 N–H and O–H groups in total. The van der Waals surface area contributed by atoms with Crippen LogP contribution in [0.2, 0.25) is 0 Å². The van der Waals surface area contributed by atoms with Gasteiger partial charge in [0.15, 0.2) is 5.78 Å². The zero-order chi connectivity index (χ0) is 25.6. The number of rotatable bonds is 11. The predicted octanol–water partition coefficient (Wildman–Crippen LogP) is 3.03. The van der Waals surface area contributed by atoms with Crippen LogP contribution in [0.3, 0.4) is 0 Å². The van der Waals surface area contributed by atoms with Crippen LogP contribution in [-0.2, 0) is 9.53 Å². The molecule has 2 fully saturated rings. The summed E-state index contributed by atoms with van der Waals surface area (Å²) in [7, 11) is 0. The molecule has 3 rings (SSSR count). The second kappa shape index (κ2) is 11.9. The second-order valence-electron chi connectivity index (χ2n) is 10.4. The molecule has 0 unspecified atom stereocenters. The molecule has 194 valence electrons. The maximum Gasteiger partial charge on any atom is 0.405 e. The average Bonchev–Trinajstić information content (AvgIpc) is 3.64. The molecule has 1 saturated heterocycles. The van der Waals surface area contributed by atoms with Crippen LogP contribution in [0.15, 0.2) is 24.3 Å². The number of ether oxygens (including phenoxy) is 2. The van der Waals surface area contributed by atoms with Crippen molar-refractivity contribution in [2.75, 3.05) is 39.3 Å². The Kier molecular flexibility index (Phi) is 9.13. The summed E-state index contributed by atoms with van der Waals surface area (Å²) < 4.78 is 11.7. The van der Waals surface area contributed by atoms with E-state index >= 15 is 0 Å². The first kappa shape index (κ1) is 26.9. The fourth-order valence-corrected chi connectivity index (χ4v) is 4.30. The van der Waals surface area contributed by atoms with E-state index in [1.165, 1.54) is 0 Å². The van der Waals surface area contributed by atoms with E-state index in [1.807, 2.05) is 45.0 Å². The van der Waals surface area contributed by atoms with Crippen LogP contribution >= 0.6 is 0 Å². The third-order valence-electron chi connectivity index (χ3n) is 6.21. The molecular weight excluding hydrogens is 450 g/mol. The summed E-state index contributed by atoms with van der Waals surface area (Å²) >= 11 is 0. The molecule has 35 heavy (non-hydrogen) atoms. The lowest BCUT2D eigenvalue weighted by Crippen LogP contribution is -2.58. The Hall–Kier alpha value is -2.65. The lowest BCUT2D eigenvalue weighted by Gasteiger charge is -2.38. The molecule has 1 aromatic rings. The highest BCUT2D eigenvalue weighted by Crippen LogP contribution is 2.32. The zero-order valence-corrected chi connectivity index (χ0v) is 21.3. The monoisotopic (exact) mass is 489 g/mol. The van der Waals surface area contributed by atoms with Crippen molar-refractivity contribution in [2.45, 2.75) is 64.7 Å². The molecule has 1 aliphatic heterocycles. The normalized spacial score (nSPS) is 18.6. The van der Waals surface area contributed by atoms with Gasteiger partial charge in [-0.15, -0.1) is 0 Å². The van der Waals surface area contributed by atoms with E-state index in [-0.39, 0.29) is 17.6 Å². The number of amides is 2. The smallest absolute Gasteiger partial charge is 0.405 e. The topological polar surface area (TPSA) is 108 Å². The van der Waals surface area contributed by atoms with Gasteiger partial charge in [0.1, 0.15) is 11.8 Å². The van der Waals surface area contributed by atoms with Crippen molar-refractivity contribution in [3.8, 4) is 5.75 Å². The van der Waals surface area contributed by atoms with E-state index < -0.39 is 23.8 Å². The summed E-state index contributed by atoms with van der Waals surface area (Å²) in [5.74, 6) is 0.958. The number of carbonyl (C=O) groups is 3. The molecule has 2 amide bonds. The van der Waals surface area contributed by atoms with Crippen molar-refractivity contribution < 1.29 is 29.0 Å². The Morgan fingerprint density at radius 2 is 1.71 bits per heavy atom. The largest absolute Gasteiger partial charge is 0.494 e. The standard InChI is InChI=1S/C26H39N3O6/c1-18(35-26(2,3)4)22(27-25(32)33)24(31)29-15-13-28(14-16-29)12-5-17-34-21-10-8-20(9-11-21)23(30)19-6-7-19/h8-11,18-19,22,27H,5-7,12-17H2,1-4H3,(H,32,33)/t18-,22+/m0/s1. The van der Waals surface area contributed by atoms with Gasteiger partial charge in [-0.2, -0.15) is 0 Å². The van der Waals surface area contributed by atoms with Crippen molar-refractivity contribution in [1.82, 2.24) is 15.1 Å². The molecule has 1 heterocycles. The quantitative estimate of drug-likeness (QED) is 0.363. The average molecular weight is 490 g/mol. The maximum absolute atomic E-state index is 13.1. The molecule has 1 aromatic carbocycles. The van der Waals surface area contributed by atoms with Crippen molar-refractivity contribution in [3.63, 3.8) is 0 Å². The van der Waals surface area contributed by atoms with E-state index in [2.05, 4.69) is 10.2 Å². The number of ketones is 1. The Morgan fingerprint density at radius 3 is 2.26 bits per heavy atom. The van der Waals surface area contributed by atoms with Crippen molar-refractivity contribution >= 4 is 17.8 Å². The van der Waals surface area contributed by atoms with Gasteiger partial charge in [0, 0.05) is 44.2 Å². The SMILES string of the molecule is C[C@H](OC(C)(C)C)[C@@H](NC(=O)O)C(=O)N1CCN(CCCOc2ccc(C(=O)C3CC3)cc2)CC1. The lowest BCUT2D eigenvalue weighted by molar-refractivity contribution is -0.142. The Bertz CT molecular complexity index is 870. The predicted molar refractivity (Wildman–Crippen MR) is 132 cm³/mol. The van der Waals surface area contributed by atoms with Crippen molar-refractivity contribution in [3.05, 3.63) is 29.8 Å². The summed E-state index contributed by atoms with van der Waals surface area (Å²) in [5, 5.41) is 11.6. The van der Waals surface area contributed by atoms with E-state index in [1.54, 1.807) is 11.8 Å². The van der Waals surface area contributed by atoms with Crippen molar-refractivity contribution in [1.29, 1.82) is 0 Å². The van der Waals surface area contributed by atoms with Gasteiger partial charge in [0.25, 0.3) is 0 Å². The van der Waals surface area contributed by atoms with E-state index in [0.29, 0.717) is 19.7 Å². The van der Waals surface area contributed by atoms with Crippen LogP contribution < -0.4 is 10.1 Å². The molecule has 2 aliphatic rings. The third kappa shape index (κ3) is 8.50. The van der Waals surface area contributed by atoms with Crippen LogP contribution in [0, 0.1) is 5.92 Å². The van der Waals surface area contributed by atoms with Crippen LogP contribution in [0.1, 0.15) is 57.3 Å². The maximum atomic E-state index is 13.1. The van der Waals surface area contributed by atoms with Gasteiger partial charge in [-0.25, -0.2) is 4.79 Å². The number of nitrogens with zero attached hydrogens (tertiary/aromatic N) is 2. The summed E-state index contributed by atoms with van der Waals surface area (Å²) in [6.45, 7) is 11.3. The number of hydrogen-bond donors (Lipinski definition) is 2. The molecule has 0 spiro atoms. The number of carbonyl (C=O) groups excluding carboxylic acids is 2. The van der Waals surface area contributed by atoms with Gasteiger partial charge < -0.3 is 24.8 Å². The van der Waals surface area contributed by atoms with Crippen LogP contribution in [0.5, 0.6) is 5.75 Å². The molecule has 9 heteroatoms. The van der Waals surface area contributed by atoms with Gasteiger partial charge in [0.05, 0.1) is 18.3 Å². The summed E-state index contributed by atoms with van der Waals surface area (Å²) in [4.78, 5) is 40.4. The first-order chi connectivity index (χ1) is 16.5. The molecular formula is C26H39N3O6. The number of benzene rings is 1. The zero-order valence-electron chi connectivity index (χ0n) is 21.3. The van der Waals surface area contributed by atoms with Crippen LogP contribution in [-0.4, -0.2) is 89.8 Å². The molecule has 9 nitrogen and oxygen atoms in total. The lowest BCUT2D eigenvalue weighted by atomic mass is 10.1. The van der Waals surface area contributed by atoms with Gasteiger partial charge in [-0.05, 0) is 71.2 Å². The fourth-order valence-electron chi connectivity index (χ4n) is 4.30. The summed E-state index contributed by atoms with van der Waals surface area (Å²) in [6, 6.07) is 6.44. The molecule has 0 radical (unpaired) electrons. The summed E-state index contributed by atoms with van der Waals surface area (Å²) in [6.07, 6.45) is 1.02. The number of carboxylic acid groups (broad SMARTS) is 1. The molecule has 1 saturated carbocycles. The van der Waals surface area contributed by atoms with Gasteiger partial charge in [-0.1, -0.05) is 0 Å². The Morgan fingerprint density at radius 1 is 1.09 bits per heavy atom.